The Morgan fingerprint density at radius 1 is 1.16 bits per heavy atom. The van der Waals surface area contributed by atoms with Crippen LogP contribution in [0.4, 0.5) is 0 Å². The van der Waals surface area contributed by atoms with Crippen molar-refractivity contribution in [2.45, 2.75) is 40.2 Å². The third-order valence-electron chi connectivity index (χ3n) is 6.09. The summed E-state index contributed by atoms with van der Waals surface area (Å²) in [6.45, 7) is 7.60. The molecule has 0 unspecified atom stereocenters. The van der Waals surface area contributed by atoms with Crippen molar-refractivity contribution in [1.29, 1.82) is 0 Å². The molecule has 2 aliphatic rings. The molecule has 6 nitrogen and oxygen atoms in total. The summed E-state index contributed by atoms with van der Waals surface area (Å²) in [5, 5.41) is 5.02. The van der Waals surface area contributed by atoms with Gasteiger partial charge in [0.2, 0.25) is 5.91 Å². The van der Waals surface area contributed by atoms with Crippen LogP contribution in [0.5, 0.6) is 0 Å². The Kier molecular flexibility index (Phi) is 6.03. The van der Waals surface area contributed by atoms with Crippen LogP contribution in [0.25, 0.3) is 4.91 Å². The molecule has 164 valence electrons. The van der Waals surface area contributed by atoms with Gasteiger partial charge in [0.15, 0.2) is 0 Å². The Morgan fingerprint density at radius 2 is 1.90 bits per heavy atom. The van der Waals surface area contributed by atoms with Gasteiger partial charge in [0.05, 0.1) is 6.54 Å². The van der Waals surface area contributed by atoms with Crippen molar-refractivity contribution in [2.24, 2.45) is 10.3 Å². The van der Waals surface area contributed by atoms with Crippen LogP contribution in [0.3, 0.4) is 0 Å². The highest BCUT2D eigenvalue weighted by atomic mass is 32.2. The summed E-state index contributed by atoms with van der Waals surface area (Å²) in [6.07, 6.45) is 1.36. The van der Waals surface area contributed by atoms with Crippen molar-refractivity contribution in [3.05, 3.63) is 62.9 Å². The molecule has 0 aliphatic carbocycles. The van der Waals surface area contributed by atoms with E-state index in [2.05, 4.69) is 9.71 Å². The van der Waals surface area contributed by atoms with Crippen LogP contribution >= 0.6 is 11.3 Å². The maximum absolute atomic E-state index is 12.9. The van der Waals surface area contributed by atoms with Crippen molar-refractivity contribution in [2.75, 3.05) is 13.1 Å². The largest absolute Gasteiger partial charge is 0.356 e. The summed E-state index contributed by atoms with van der Waals surface area (Å²) in [6, 6.07) is 9.69. The zero-order valence-electron chi connectivity index (χ0n) is 18.0. The zero-order chi connectivity index (χ0) is 22.2. The fourth-order valence-corrected chi connectivity index (χ4v) is 6.27. The fourth-order valence-electron chi connectivity index (χ4n) is 4.15. The van der Waals surface area contributed by atoms with Gasteiger partial charge in [-0.3, -0.25) is 4.79 Å². The number of sulfonamides is 1. The highest BCUT2D eigenvalue weighted by molar-refractivity contribution is 8.00. The van der Waals surface area contributed by atoms with E-state index in [9.17, 15) is 13.2 Å². The minimum Gasteiger partial charge on any atom is -0.356 e. The average molecular weight is 458 g/mol. The number of piperidine rings is 1. The number of benzene rings is 1. The van der Waals surface area contributed by atoms with Crippen LogP contribution in [0, 0.1) is 19.8 Å². The van der Waals surface area contributed by atoms with E-state index in [1.54, 1.807) is 11.3 Å². The fraction of sp³-hybridized carbons (Fsp3) is 0.391. The van der Waals surface area contributed by atoms with Crippen molar-refractivity contribution in [3.8, 4) is 0 Å². The molecule has 1 N–H and O–H groups in total. The molecule has 2 aliphatic heterocycles. The third-order valence-corrected chi connectivity index (χ3v) is 8.44. The Hall–Kier alpha value is -2.45. The van der Waals surface area contributed by atoms with Crippen LogP contribution in [0.15, 0.2) is 45.7 Å². The summed E-state index contributed by atoms with van der Waals surface area (Å²) >= 11 is 1.63. The molecule has 1 amide bonds. The number of rotatable bonds is 4. The lowest BCUT2D eigenvalue weighted by molar-refractivity contribution is -0.126. The number of aryl methyl sites for hydroxylation is 2. The first-order valence-corrected chi connectivity index (χ1v) is 12.8. The minimum atomic E-state index is -3.73. The molecule has 8 heteroatoms. The lowest BCUT2D eigenvalue weighted by Crippen LogP contribution is -2.42. The molecule has 1 saturated heterocycles. The second-order valence-corrected chi connectivity index (χ2v) is 10.8. The van der Waals surface area contributed by atoms with Gasteiger partial charge in [-0.15, -0.1) is 15.7 Å². The van der Waals surface area contributed by atoms with Gasteiger partial charge in [-0.2, -0.15) is 8.42 Å². The standard InChI is InChI=1S/C23H27N3O3S2/c1-15-6-7-19(13-16(15)2)21-17(3)22(25-31(21,28)29)26-10-8-18(9-11-26)23(27)24-14-20-5-4-12-30-20/h4-7,12-13,18H,8-11,14H2,1-3H3,(H,24,27). The van der Waals surface area contributed by atoms with Crippen LogP contribution in [0.2, 0.25) is 0 Å². The zero-order valence-corrected chi connectivity index (χ0v) is 19.6. The van der Waals surface area contributed by atoms with Gasteiger partial charge in [0.25, 0.3) is 10.0 Å². The molecule has 1 aromatic carbocycles. The number of hydrogen-bond acceptors (Lipinski definition) is 5. The van der Waals surface area contributed by atoms with Gasteiger partial charge in [-0.05, 0) is 61.7 Å². The summed E-state index contributed by atoms with van der Waals surface area (Å²) in [5.41, 5.74) is 3.54. The topological polar surface area (TPSA) is 78.8 Å². The molecule has 0 saturated carbocycles. The van der Waals surface area contributed by atoms with E-state index in [1.807, 2.05) is 61.4 Å². The van der Waals surface area contributed by atoms with E-state index in [0.29, 0.717) is 54.4 Å². The third kappa shape index (κ3) is 4.45. The first kappa shape index (κ1) is 21.8. The number of nitrogens with zero attached hydrogens (tertiary/aromatic N) is 2. The summed E-state index contributed by atoms with van der Waals surface area (Å²) < 4.78 is 29.8. The molecule has 0 radical (unpaired) electrons. The van der Waals surface area contributed by atoms with Crippen molar-refractivity contribution >= 4 is 38.0 Å². The molecule has 0 atom stereocenters. The van der Waals surface area contributed by atoms with E-state index >= 15 is 0 Å². The molecule has 1 fully saturated rings. The predicted molar refractivity (Wildman–Crippen MR) is 125 cm³/mol. The van der Waals surface area contributed by atoms with E-state index in [-0.39, 0.29) is 11.8 Å². The first-order valence-electron chi connectivity index (χ1n) is 10.4. The monoisotopic (exact) mass is 457 g/mol. The Bertz CT molecular complexity index is 1160. The van der Waals surface area contributed by atoms with Crippen LogP contribution < -0.4 is 5.32 Å². The number of amides is 1. The van der Waals surface area contributed by atoms with Gasteiger partial charge in [0.1, 0.15) is 10.7 Å². The molecule has 2 aromatic rings. The molecular weight excluding hydrogens is 430 g/mol. The SMILES string of the molecule is CC1=C(c2ccc(C)c(C)c2)S(=O)(=O)N=C1N1CCC(C(=O)NCc2cccs2)CC1. The van der Waals surface area contributed by atoms with E-state index in [1.165, 1.54) is 0 Å². The lowest BCUT2D eigenvalue weighted by Gasteiger charge is -2.32. The summed E-state index contributed by atoms with van der Waals surface area (Å²) in [7, 11) is -3.73. The molecular formula is C23H27N3O3S2. The average Bonchev–Trinajstić information content (AvgIpc) is 3.34. The molecule has 1 aromatic heterocycles. The van der Waals surface area contributed by atoms with Gasteiger partial charge in [0, 0.05) is 29.5 Å². The second-order valence-electron chi connectivity index (χ2n) is 8.20. The van der Waals surface area contributed by atoms with E-state index in [4.69, 9.17) is 0 Å². The molecule has 0 spiro atoms. The Labute approximate surface area is 187 Å². The van der Waals surface area contributed by atoms with Gasteiger partial charge in [-0.1, -0.05) is 24.3 Å². The van der Waals surface area contributed by atoms with Gasteiger partial charge < -0.3 is 10.2 Å². The maximum atomic E-state index is 12.9. The van der Waals surface area contributed by atoms with Crippen LogP contribution in [0.1, 0.15) is 41.3 Å². The summed E-state index contributed by atoms with van der Waals surface area (Å²) in [5.74, 6) is 0.529. The normalized spacial score (nSPS) is 18.9. The highest BCUT2D eigenvalue weighted by Crippen LogP contribution is 2.35. The Balaban J connectivity index is 1.45. The number of hydrogen-bond donors (Lipinski definition) is 1. The maximum Gasteiger partial charge on any atom is 0.285 e. The highest BCUT2D eigenvalue weighted by Gasteiger charge is 2.35. The van der Waals surface area contributed by atoms with Crippen molar-refractivity contribution in [3.63, 3.8) is 0 Å². The van der Waals surface area contributed by atoms with Crippen LogP contribution in [-0.2, 0) is 21.4 Å². The van der Waals surface area contributed by atoms with Crippen molar-refractivity contribution in [1.82, 2.24) is 10.2 Å². The first-order chi connectivity index (χ1) is 14.8. The predicted octanol–water partition coefficient (Wildman–Crippen LogP) is 3.87. The molecule has 3 heterocycles. The smallest absolute Gasteiger partial charge is 0.285 e. The molecule has 31 heavy (non-hydrogen) atoms. The molecule has 0 bridgehead atoms. The lowest BCUT2D eigenvalue weighted by atomic mass is 9.95. The van der Waals surface area contributed by atoms with Gasteiger partial charge >= 0.3 is 0 Å². The quantitative estimate of drug-likeness (QED) is 0.756. The van der Waals surface area contributed by atoms with Gasteiger partial charge in [-0.25, -0.2) is 0 Å². The number of likely N-dealkylation sites (tertiary alicyclic amines) is 1. The van der Waals surface area contributed by atoms with Crippen LogP contribution in [-0.4, -0.2) is 38.2 Å². The van der Waals surface area contributed by atoms with E-state index < -0.39 is 10.0 Å². The van der Waals surface area contributed by atoms with Crippen molar-refractivity contribution < 1.29 is 13.2 Å². The Morgan fingerprint density at radius 3 is 2.55 bits per heavy atom. The number of nitrogens with one attached hydrogen (secondary N) is 1. The number of thiophene rings is 1. The number of amidine groups is 1. The second kappa shape index (κ2) is 8.59. The molecule has 4 rings (SSSR count). The van der Waals surface area contributed by atoms with E-state index in [0.717, 1.165) is 16.0 Å². The summed E-state index contributed by atoms with van der Waals surface area (Å²) in [4.78, 5) is 16.0. The number of carbonyl (C=O) groups is 1. The number of carbonyl (C=O) groups excluding carboxylic acids is 1. The minimum absolute atomic E-state index is 0.0571.